The van der Waals surface area contributed by atoms with Crippen LogP contribution in [0.25, 0.3) is 0 Å². The molecule has 1 heterocycles. The predicted molar refractivity (Wildman–Crippen MR) is 117 cm³/mol. The summed E-state index contributed by atoms with van der Waals surface area (Å²) in [5.41, 5.74) is 0.848. The Morgan fingerprint density at radius 1 is 1.17 bits per heavy atom. The van der Waals surface area contributed by atoms with E-state index in [0.29, 0.717) is 21.5 Å². The average molecular weight is 473 g/mol. The second-order valence-corrected chi connectivity index (χ2v) is 11.9. The molecule has 9 heteroatoms. The number of halogens is 2. The van der Waals surface area contributed by atoms with Gasteiger partial charge in [0.2, 0.25) is 0 Å². The monoisotopic (exact) mass is 472 g/mol. The molecule has 2 bridgehead atoms. The quantitative estimate of drug-likeness (QED) is 0.589. The summed E-state index contributed by atoms with van der Waals surface area (Å²) in [6.45, 7) is 2.08. The van der Waals surface area contributed by atoms with Gasteiger partial charge in [-0.1, -0.05) is 29.6 Å². The molecule has 29 heavy (non-hydrogen) atoms. The number of nitrogens with one attached hydrogen (secondary N) is 2. The molecule has 2 aliphatic rings. The zero-order valence-corrected chi connectivity index (χ0v) is 19.0. The number of anilines is 1. The Morgan fingerprint density at radius 3 is 2.45 bits per heavy atom. The average Bonchev–Trinajstić information content (AvgIpc) is 3.37. The maximum Gasteiger partial charge on any atom is 0.264 e. The molecule has 2 aliphatic carbocycles. The van der Waals surface area contributed by atoms with E-state index < -0.39 is 10.0 Å². The normalized spacial score (nSPS) is 24.4. The number of fused-ring (bicyclic) bond motifs is 2. The Hall–Kier alpha value is -1.28. The van der Waals surface area contributed by atoms with Gasteiger partial charge in [-0.25, -0.2) is 8.42 Å². The molecule has 4 unspecified atom stereocenters. The van der Waals surface area contributed by atoms with E-state index in [1.165, 1.54) is 31.7 Å². The third-order valence-corrected chi connectivity index (χ3v) is 9.24. The van der Waals surface area contributed by atoms with E-state index in [9.17, 15) is 13.2 Å². The van der Waals surface area contributed by atoms with E-state index in [2.05, 4.69) is 17.0 Å². The Kier molecular flexibility index (Phi) is 5.86. The summed E-state index contributed by atoms with van der Waals surface area (Å²) >= 11 is 12.8. The van der Waals surface area contributed by atoms with Crippen LogP contribution in [0.1, 0.15) is 43.0 Å². The van der Waals surface area contributed by atoms with E-state index in [-0.39, 0.29) is 21.2 Å². The van der Waals surface area contributed by atoms with Gasteiger partial charge in [0.1, 0.15) is 9.23 Å². The minimum atomic E-state index is -3.85. The summed E-state index contributed by atoms with van der Waals surface area (Å²) in [4.78, 5) is 12.5. The van der Waals surface area contributed by atoms with Crippen LogP contribution in [0.3, 0.4) is 0 Å². The number of hydrogen-bond acceptors (Lipinski definition) is 4. The summed E-state index contributed by atoms with van der Waals surface area (Å²) < 4.78 is 27.8. The second-order valence-electron chi connectivity index (χ2n) is 7.97. The molecule has 0 spiro atoms. The first kappa shape index (κ1) is 21.0. The Morgan fingerprint density at radius 2 is 1.90 bits per heavy atom. The number of sulfonamides is 1. The molecule has 2 N–H and O–H groups in total. The molecule has 4 atom stereocenters. The lowest BCUT2D eigenvalue weighted by molar-refractivity contribution is 0.0915. The molecule has 0 radical (unpaired) electrons. The standard InChI is InChI=1S/C20H22Cl2N2O3S2/c1-11(16-9-12-2-3-14(16)8-12)23-20(25)13-4-6-15(7-5-13)24-29(26,27)17-10-18(21)28-19(17)22/h4-7,10-12,14,16,24H,2-3,8-9H2,1H3,(H,23,25). The maximum absolute atomic E-state index is 12.6. The number of hydrogen-bond donors (Lipinski definition) is 2. The lowest BCUT2D eigenvalue weighted by Crippen LogP contribution is -2.40. The van der Waals surface area contributed by atoms with Crippen LogP contribution in [0.2, 0.25) is 8.67 Å². The summed E-state index contributed by atoms with van der Waals surface area (Å²) in [5, 5.41) is 3.12. The van der Waals surface area contributed by atoms with Crippen molar-refractivity contribution >= 4 is 56.2 Å². The molecule has 1 amide bonds. The molecule has 4 rings (SSSR count). The van der Waals surface area contributed by atoms with Crippen LogP contribution >= 0.6 is 34.5 Å². The summed E-state index contributed by atoms with van der Waals surface area (Å²) in [6.07, 6.45) is 5.13. The SMILES string of the molecule is CC(NC(=O)c1ccc(NS(=O)(=O)c2cc(Cl)sc2Cl)cc1)C1CC2CCC1C2. The number of amides is 1. The largest absolute Gasteiger partial charge is 0.349 e. The van der Waals surface area contributed by atoms with Gasteiger partial charge in [-0.15, -0.1) is 11.3 Å². The van der Waals surface area contributed by atoms with Crippen molar-refractivity contribution in [1.82, 2.24) is 5.32 Å². The first-order valence-electron chi connectivity index (χ1n) is 9.61. The molecule has 156 valence electrons. The van der Waals surface area contributed by atoms with Crippen LogP contribution in [0.4, 0.5) is 5.69 Å². The molecular formula is C20H22Cl2N2O3S2. The molecule has 2 aromatic rings. The van der Waals surface area contributed by atoms with Gasteiger partial charge in [0.15, 0.2) is 0 Å². The topological polar surface area (TPSA) is 75.3 Å². The first-order valence-corrected chi connectivity index (χ1v) is 12.7. The fourth-order valence-electron chi connectivity index (χ4n) is 4.71. The van der Waals surface area contributed by atoms with Crippen LogP contribution < -0.4 is 10.0 Å². The number of rotatable bonds is 6. The fraction of sp³-hybridized carbons (Fsp3) is 0.450. The first-order chi connectivity index (χ1) is 13.7. The molecule has 2 saturated carbocycles. The van der Waals surface area contributed by atoms with Gasteiger partial charge in [-0.2, -0.15) is 0 Å². The zero-order chi connectivity index (χ0) is 20.8. The fourth-order valence-corrected chi connectivity index (χ4v) is 7.92. The minimum absolute atomic E-state index is 0.0596. The van der Waals surface area contributed by atoms with Crippen molar-refractivity contribution in [1.29, 1.82) is 0 Å². The van der Waals surface area contributed by atoms with Gasteiger partial charge in [-0.05, 0) is 74.3 Å². The van der Waals surface area contributed by atoms with Gasteiger partial charge in [0.25, 0.3) is 15.9 Å². The second kappa shape index (κ2) is 8.10. The van der Waals surface area contributed by atoms with Gasteiger partial charge in [0.05, 0.1) is 4.34 Å². The van der Waals surface area contributed by atoms with Crippen molar-refractivity contribution in [3.8, 4) is 0 Å². The third-order valence-electron chi connectivity index (χ3n) is 6.11. The highest BCUT2D eigenvalue weighted by atomic mass is 35.5. The highest BCUT2D eigenvalue weighted by Crippen LogP contribution is 2.49. The van der Waals surface area contributed by atoms with Crippen molar-refractivity contribution in [2.75, 3.05) is 4.72 Å². The number of carbonyl (C=O) groups is 1. The van der Waals surface area contributed by atoms with Crippen LogP contribution in [0, 0.1) is 17.8 Å². The third kappa shape index (κ3) is 4.43. The lowest BCUT2D eigenvalue weighted by Gasteiger charge is -2.28. The zero-order valence-electron chi connectivity index (χ0n) is 15.8. The molecule has 1 aromatic carbocycles. The summed E-state index contributed by atoms with van der Waals surface area (Å²) in [6, 6.07) is 7.82. The summed E-state index contributed by atoms with van der Waals surface area (Å²) in [5.74, 6) is 2.00. The molecular weight excluding hydrogens is 451 g/mol. The molecule has 5 nitrogen and oxygen atoms in total. The lowest BCUT2D eigenvalue weighted by atomic mass is 9.84. The van der Waals surface area contributed by atoms with E-state index in [1.807, 2.05) is 0 Å². The van der Waals surface area contributed by atoms with Crippen LogP contribution in [0.15, 0.2) is 35.2 Å². The van der Waals surface area contributed by atoms with Crippen LogP contribution in [0.5, 0.6) is 0 Å². The molecule has 1 aromatic heterocycles. The molecule has 2 fully saturated rings. The molecule has 0 aliphatic heterocycles. The van der Waals surface area contributed by atoms with Crippen LogP contribution in [-0.2, 0) is 10.0 Å². The smallest absolute Gasteiger partial charge is 0.264 e. The van der Waals surface area contributed by atoms with E-state index >= 15 is 0 Å². The molecule has 0 saturated heterocycles. The van der Waals surface area contributed by atoms with Crippen molar-refractivity contribution in [2.45, 2.75) is 43.5 Å². The van der Waals surface area contributed by atoms with Crippen molar-refractivity contribution < 1.29 is 13.2 Å². The van der Waals surface area contributed by atoms with Crippen molar-refractivity contribution in [2.24, 2.45) is 17.8 Å². The van der Waals surface area contributed by atoms with Crippen LogP contribution in [-0.4, -0.2) is 20.4 Å². The van der Waals surface area contributed by atoms with E-state index in [0.717, 1.165) is 23.2 Å². The summed E-state index contributed by atoms with van der Waals surface area (Å²) in [7, 11) is -3.85. The van der Waals surface area contributed by atoms with Gasteiger partial charge in [0, 0.05) is 17.3 Å². The van der Waals surface area contributed by atoms with E-state index in [4.69, 9.17) is 23.2 Å². The maximum atomic E-state index is 12.6. The Bertz CT molecular complexity index is 1020. The Labute approximate surface area is 184 Å². The predicted octanol–water partition coefficient (Wildman–Crippen LogP) is 5.41. The van der Waals surface area contributed by atoms with Gasteiger partial charge in [-0.3, -0.25) is 9.52 Å². The highest BCUT2D eigenvalue weighted by molar-refractivity contribution is 7.93. The van der Waals surface area contributed by atoms with E-state index in [1.54, 1.807) is 24.3 Å². The van der Waals surface area contributed by atoms with Gasteiger partial charge >= 0.3 is 0 Å². The minimum Gasteiger partial charge on any atom is -0.349 e. The Balaban J connectivity index is 1.39. The highest BCUT2D eigenvalue weighted by Gasteiger charge is 2.42. The number of benzene rings is 1. The van der Waals surface area contributed by atoms with Crippen molar-refractivity contribution in [3.63, 3.8) is 0 Å². The van der Waals surface area contributed by atoms with Gasteiger partial charge < -0.3 is 5.32 Å². The van der Waals surface area contributed by atoms with Crippen molar-refractivity contribution in [3.05, 3.63) is 44.6 Å². The number of carbonyl (C=O) groups excluding carboxylic acids is 1. The number of thiophene rings is 1.